The van der Waals surface area contributed by atoms with Crippen LogP contribution in [0.5, 0.6) is 0 Å². The molecule has 1 aliphatic carbocycles. The SMILES string of the molecule is CCCC/C=C\CCCCC(O)CC(=O)NC(COP(=O)(O)OC1C(O)C(O)C(O)C(O)C1O)C(O)/C=C/CCCCCCCCCCCCCCCCCCCCC. The number of amides is 1. The van der Waals surface area contributed by atoms with E-state index in [4.69, 9.17) is 9.05 Å². The highest BCUT2D eigenvalue weighted by atomic mass is 31.2. The van der Waals surface area contributed by atoms with Crippen molar-refractivity contribution in [3.05, 3.63) is 24.3 Å². The van der Waals surface area contributed by atoms with Crippen LogP contribution >= 0.6 is 7.82 Å². The zero-order chi connectivity index (χ0) is 43.7. The molecule has 0 aliphatic heterocycles. The third-order valence-electron chi connectivity index (χ3n) is 11.3. The number of aliphatic hydroxyl groups excluding tert-OH is 7. The highest BCUT2D eigenvalue weighted by Gasteiger charge is 2.51. The predicted octanol–water partition coefficient (Wildman–Crippen LogP) is 7.59. The number of phosphoric ester groups is 1. The fourth-order valence-electron chi connectivity index (χ4n) is 7.40. The molecular formula is C45H86NO12P. The number of unbranched alkanes of at least 4 members (excludes halogenated alkanes) is 23. The molecule has 1 rings (SSSR count). The predicted molar refractivity (Wildman–Crippen MR) is 234 cm³/mol. The molecule has 9 N–H and O–H groups in total. The van der Waals surface area contributed by atoms with Crippen molar-refractivity contribution in [1.29, 1.82) is 0 Å². The van der Waals surface area contributed by atoms with Crippen LogP contribution in [0.1, 0.15) is 194 Å². The van der Waals surface area contributed by atoms with E-state index in [1.54, 1.807) is 6.08 Å². The molecule has 0 radical (unpaired) electrons. The number of carbonyl (C=O) groups excluding carboxylic acids is 1. The van der Waals surface area contributed by atoms with Gasteiger partial charge in [0.15, 0.2) is 0 Å². The average molecular weight is 864 g/mol. The largest absolute Gasteiger partial charge is 0.472 e. The Bertz CT molecular complexity index is 1110. The van der Waals surface area contributed by atoms with Crippen molar-refractivity contribution < 1.29 is 59.0 Å². The lowest BCUT2D eigenvalue weighted by Crippen LogP contribution is -2.64. The minimum absolute atomic E-state index is 0.259. The normalized spacial score (nSPS) is 23.8. The van der Waals surface area contributed by atoms with Crippen molar-refractivity contribution in [3.8, 4) is 0 Å². The molecule has 0 heterocycles. The molecule has 8 atom stereocenters. The standard InChI is InChI=1S/C45H86NO12P/c1-3-5-7-9-11-13-14-15-16-17-18-19-20-21-22-23-24-25-27-29-31-33-38(48)37(46-39(49)34-36(47)32-30-28-26-12-10-8-6-4-2)35-57-59(55,56)58-45-43(53)41(51)40(50)42(52)44(45)54/h10,12,31,33,36-38,40-45,47-48,50-54H,3-9,11,13-30,32,34-35H2,1-2H3,(H,46,49)(H,55,56)/b12-10-,33-31+. The topological polar surface area (TPSA) is 226 Å². The van der Waals surface area contributed by atoms with Crippen molar-refractivity contribution in [1.82, 2.24) is 5.32 Å². The highest BCUT2D eigenvalue weighted by molar-refractivity contribution is 7.47. The van der Waals surface area contributed by atoms with E-state index in [2.05, 4.69) is 31.3 Å². The maximum absolute atomic E-state index is 12.9. The van der Waals surface area contributed by atoms with Gasteiger partial charge in [-0.3, -0.25) is 13.8 Å². The van der Waals surface area contributed by atoms with Gasteiger partial charge in [-0.15, -0.1) is 0 Å². The van der Waals surface area contributed by atoms with Crippen molar-refractivity contribution in [2.45, 2.75) is 249 Å². The van der Waals surface area contributed by atoms with E-state index in [0.717, 1.165) is 51.4 Å². The molecule has 1 fully saturated rings. The van der Waals surface area contributed by atoms with E-state index in [-0.39, 0.29) is 6.42 Å². The number of hydrogen-bond donors (Lipinski definition) is 9. The van der Waals surface area contributed by atoms with E-state index in [0.29, 0.717) is 19.3 Å². The van der Waals surface area contributed by atoms with E-state index in [1.165, 1.54) is 109 Å². The van der Waals surface area contributed by atoms with Crippen molar-refractivity contribution in [2.75, 3.05) is 6.61 Å². The molecular weight excluding hydrogens is 777 g/mol. The second-order valence-electron chi connectivity index (χ2n) is 16.8. The molecule has 1 aliphatic rings. The van der Waals surface area contributed by atoms with Crippen LogP contribution in [0.15, 0.2) is 24.3 Å². The summed E-state index contributed by atoms with van der Waals surface area (Å²) in [5, 5.41) is 74.2. The number of phosphoric acid groups is 1. The van der Waals surface area contributed by atoms with Crippen LogP contribution < -0.4 is 5.32 Å². The van der Waals surface area contributed by atoms with Gasteiger partial charge in [-0.1, -0.05) is 173 Å². The van der Waals surface area contributed by atoms with Crippen molar-refractivity contribution in [2.24, 2.45) is 0 Å². The van der Waals surface area contributed by atoms with Crippen LogP contribution in [-0.2, 0) is 18.4 Å². The van der Waals surface area contributed by atoms with Gasteiger partial charge in [-0.05, 0) is 38.5 Å². The second kappa shape index (κ2) is 35.3. The fraction of sp³-hybridized carbons (Fsp3) is 0.889. The van der Waals surface area contributed by atoms with Crippen LogP contribution in [0.3, 0.4) is 0 Å². The lowest BCUT2D eigenvalue weighted by molar-refractivity contribution is -0.220. The zero-order valence-corrected chi connectivity index (χ0v) is 37.6. The molecule has 0 spiro atoms. The van der Waals surface area contributed by atoms with Gasteiger partial charge in [0.2, 0.25) is 5.91 Å². The molecule has 0 saturated heterocycles. The summed E-state index contributed by atoms with van der Waals surface area (Å²) in [7, 11) is -5.14. The maximum atomic E-state index is 12.9. The second-order valence-corrected chi connectivity index (χ2v) is 18.2. The van der Waals surface area contributed by atoms with Gasteiger partial charge < -0.3 is 46.0 Å². The fourth-order valence-corrected chi connectivity index (χ4v) is 8.36. The summed E-state index contributed by atoms with van der Waals surface area (Å²) >= 11 is 0. The van der Waals surface area contributed by atoms with E-state index in [1.807, 2.05) is 0 Å². The number of hydrogen-bond acceptors (Lipinski definition) is 11. The van der Waals surface area contributed by atoms with Gasteiger partial charge in [-0.2, -0.15) is 0 Å². The lowest BCUT2D eigenvalue weighted by Gasteiger charge is -2.41. The Morgan fingerprint density at radius 3 is 1.49 bits per heavy atom. The Balaban J connectivity index is 2.49. The number of nitrogens with one attached hydrogen (secondary N) is 1. The van der Waals surface area contributed by atoms with Crippen LogP contribution in [-0.4, -0.2) is 108 Å². The van der Waals surface area contributed by atoms with Gasteiger partial charge in [0.1, 0.15) is 36.6 Å². The number of aliphatic hydroxyl groups is 7. The smallest absolute Gasteiger partial charge is 0.393 e. The van der Waals surface area contributed by atoms with Crippen LogP contribution in [0.2, 0.25) is 0 Å². The summed E-state index contributed by atoms with van der Waals surface area (Å²) in [5.74, 6) is -0.608. The lowest BCUT2D eigenvalue weighted by atomic mass is 9.85. The Hall–Kier alpha value is -1.22. The molecule has 13 nitrogen and oxygen atoms in total. The van der Waals surface area contributed by atoms with Gasteiger partial charge in [0.05, 0.1) is 31.3 Å². The van der Waals surface area contributed by atoms with Crippen LogP contribution in [0.25, 0.3) is 0 Å². The molecule has 14 heteroatoms. The zero-order valence-electron chi connectivity index (χ0n) is 36.7. The van der Waals surface area contributed by atoms with Crippen molar-refractivity contribution in [3.63, 3.8) is 0 Å². The van der Waals surface area contributed by atoms with Gasteiger partial charge in [0, 0.05) is 0 Å². The molecule has 59 heavy (non-hydrogen) atoms. The Morgan fingerprint density at radius 2 is 1.00 bits per heavy atom. The highest BCUT2D eigenvalue weighted by Crippen LogP contribution is 2.47. The first-order chi connectivity index (χ1) is 28.3. The Morgan fingerprint density at radius 1 is 0.593 bits per heavy atom. The van der Waals surface area contributed by atoms with Crippen molar-refractivity contribution >= 4 is 13.7 Å². The average Bonchev–Trinajstić information content (AvgIpc) is 3.21. The quantitative estimate of drug-likeness (QED) is 0.0166. The summed E-state index contributed by atoms with van der Waals surface area (Å²) in [4.78, 5) is 23.3. The molecule has 348 valence electrons. The monoisotopic (exact) mass is 864 g/mol. The third-order valence-corrected chi connectivity index (χ3v) is 12.3. The third kappa shape index (κ3) is 27.5. The molecule has 1 saturated carbocycles. The molecule has 0 aromatic carbocycles. The van der Waals surface area contributed by atoms with Gasteiger partial charge in [-0.25, -0.2) is 4.57 Å². The first-order valence-electron chi connectivity index (χ1n) is 23.4. The molecule has 1 amide bonds. The summed E-state index contributed by atoms with van der Waals surface area (Å²) < 4.78 is 22.8. The Labute approximate surface area is 356 Å². The first-order valence-corrected chi connectivity index (χ1v) is 24.9. The van der Waals surface area contributed by atoms with Crippen LogP contribution in [0.4, 0.5) is 0 Å². The van der Waals surface area contributed by atoms with Gasteiger partial charge >= 0.3 is 7.82 Å². The molecule has 0 aromatic rings. The summed E-state index contributed by atoms with van der Waals surface area (Å²) in [6, 6.07) is -1.24. The first kappa shape index (κ1) is 55.8. The van der Waals surface area contributed by atoms with E-state index >= 15 is 0 Å². The Kier molecular flexibility index (Phi) is 33.3. The molecule has 0 bridgehead atoms. The summed E-state index contributed by atoms with van der Waals surface area (Å²) in [6.07, 6.45) is 24.4. The number of carbonyl (C=O) groups is 1. The summed E-state index contributed by atoms with van der Waals surface area (Å²) in [6.45, 7) is 3.67. The van der Waals surface area contributed by atoms with Crippen LogP contribution in [0, 0.1) is 0 Å². The molecule has 0 aromatic heterocycles. The summed E-state index contributed by atoms with van der Waals surface area (Å²) in [5.41, 5.74) is 0. The number of allylic oxidation sites excluding steroid dienone is 3. The number of rotatable bonds is 38. The van der Waals surface area contributed by atoms with Gasteiger partial charge in [0.25, 0.3) is 0 Å². The minimum Gasteiger partial charge on any atom is -0.393 e. The maximum Gasteiger partial charge on any atom is 0.472 e. The van der Waals surface area contributed by atoms with E-state index < -0.39 is 75.2 Å². The van der Waals surface area contributed by atoms with E-state index in [9.17, 15) is 50.0 Å². The minimum atomic E-state index is -5.14. The molecule has 8 unspecified atom stereocenters.